The molecule has 1 rings (SSSR count). The zero-order chi connectivity index (χ0) is 13.9. The summed E-state index contributed by atoms with van der Waals surface area (Å²) in [6.07, 6.45) is 3.90. The summed E-state index contributed by atoms with van der Waals surface area (Å²) in [5, 5.41) is 9.12. The number of unbranched alkanes of at least 4 members (excludes halogenated alkanes) is 1. The van der Waals surface area contributed by atoms with E-state index in [1.165, 1.54) is 0 Å². The third-order valence-electron chi connectivity index (χ3n) is 3.06. The summed E-state index contributed by atoms with van der Waals surface area (Å²) in [5.74, 6) is -0.153. The minimum absolute atomic E-state index is 0.272. The number of hydrogen-bond acceptors (Lipinski definition) is 3. The van der Waals surface area contributed by atoms with Crippen LogP contribution in [-0.4, -0.2) is 24.2 Å². The molecule has 1 aromatic carbocycles. The van der Waals surface area contributed by atoms with E-state index >= 15 is 0 Å². The van der Waals surface area contributed by atoms with E-state index in [0.29, 0.717) is 26.0 Å². The van der Waals surface area contributed by atoms with Crippen LogP contribution in [0, 0.1) is 5.92 Å². The number of para-hydroxylation sites is 1. The highest BCUT2D eigenvalue weighted by atomic mass is 16.5. The maximum absolute atomic E-state index is 11.1. The molecule has 0 bridgehead atoms. The van der Waals surface area contributed by atoms with Crippen molar-refractivity contribution in [3.05, 3.63) is 30.3 Å². The molecule has 0 aliphatic rings. The number of nitrogens with two attached hydrogens (primary N) is 1. The molecule has 0 aliphatic heterocycles. The fraction of sp³-hybridized carbons (Fsp3) is 0.533. The van der Waals surface area contributed by atoms with Gasteiger partial charge in [-0.15, -0.1) is 0 Å². The minimum Gasteiger partial charge on any atom is -0.494 e. The average Bonchev–Trinajstić information content (AvgIpc) is 2.42. The maximum atomic E-state index is 11.1. The van der Waals surface area contributed by atoms with Crippen molar-refractivity contribution in [2.24, 2.45) is 11.7 Å². The molecule has 0 saturated heterocycles. The van der Waals surface area contributed by atoms with Gasteiger partial charge in [0.2, 0.25) is 0 Å². The number of rotatable bonds is 10. The second kappa shape index (κ2) is 9.39. The fourth-order valence-corrected chi connectivity index (χ4v) is 1.96. The van der Waals surface area contributed by atoms with Gasteiger partial charge in [-0.1, -0.05) is 24.6 Å². The van der Waals surface area contributed by atoms with Crippen LogP contribution in [0.15, 0.2) is 30.3 Å². The van der Waals surface area contributed by atoms with Crippen LogP contribution in [0.3, 0.4) is 0 Å². The first-order chi connectivity index (χ1) is 9.24. The van der Waals surface area contributed by atoms with E-state index in [0.717, 1.165) is 25.0 Å². The third-order valence-corrected chi connectivity index (χ3v) is 3.06. The standard InChI is InChI=1S/C15H23NO3/c16-11-5-4-7-13(15(17)18)8-6-12-19-14-9-2-1-3-10-14/h1-3,9-10,13H,4-8,11-12,16H2,(H,17,18). The van der Waals surface area contributed by atoms with Gasteiger partial charge >= 0.3 is 5.97 Å². The molecule has 0 aliphatic carbocycles. The average molecular weight is 265 g/mol. The summed E-state index contributed by atoms with van der Waals surface area (Å²) in [7, 11) is 0. The van der Waals surface area contributed by atoms with Crippen molar-refractivity contribution in [2.75, 3.05) is 13.2 Å². The van der Waals surface area contributed by atoms with Gasteiger partial charge in [-0.3, -0.25) is 4.79 Å². The summed E-state index contributed by atoms with van der Waals surface area (Å²) < 4.78 is 5.55. The van der Waals surface area contributed by atoms with E-state index in [9.17, 15) is 4.79 Å². The largest absolute Gasteiger partial charge is 0.494 e. The SMILES string of the molecule is NCCCCC(CCCOc1ccccc1)C(=O)O. The van der Waals surface area contributed by atoms with Crippen LogP contribution >= 0.6 is 0 Å². The normalized spacial score (nSPS) is 12.1. The van der Waals surface area contributed by atoms with Crippen LogP contribution in [0.5, 0.6) is 5.75 Å². The van der Waals surface area contributed by atoms with Crippen LogP contribution in [0.25, 0.3) is 0 Å². The highest BCUT2D eigenvalue weighted by Crippen LogP contribution is 2.16. The predicted molar refractivity (Wildman–Crippen MR) is 75.2 cm³/mol. The Labute approximate surface area is 114 Å². The third kappa shape index (κ3) is 6.82. The number of carboxylic acids is 1. The number of hydrogen-bond donors (Lipinski definition) is 2. The Hall–Kier alpha value is -1.55. The highest BCUT2D eigenvalue weighted by molar-refractivity contribution is 5.69. The molecule has 0 aromatic heterocycles. The molecule has 106 valence electrons. The van der Waals surface area contributed by atoms with Crippen LogP contribution in [0.2, 0.25) is 0 Å². The minimum atomic E-state index is -0.711. The molecule has 19 heavy (non-hydrogen) atoms. The molecule has 0 fully saturated rings. The van der Waals surface area contributed by atoms with E-state index in [1.807, 2.05) is 30.3 Å². The van der Waals surface area contributed by atoms with Gasteiger partial charge in [0.15, 0.2) is 0 Å². The molecular formula is C15H23NO3. The topological polar surface area (TPSA) is 72.5 Å². The van der Waals surface area contributed by atoms with Crippen molar-refractivity contribution in [3.8, 4) is 5.75 Å². The number of benzene rings is 1. The number of ether oxygens (including phenoxy) is 1. The Kier molecular flexibility index (Phi) is 7.66. The molecule has 0 saturated carbocycles. The van der Waals surface area contributed by atoms with E-state index in [4.69, 9.17) is 15.6 Å². The lowest BCUT2D eigenvalue weighted by Crippen LogP contribution is -2.15. The molecule has 1 aromatic rings. The van der Waals surface area contributed by atoms with Crippen molar-refractivity contribution < 1.29 is 14.6 Å². The molecule has 0 spiro atoms. The van der Waals surface area contributed by atoms with E-state index < -0.39 is 5.97 Å². The molecule has 0 heterocycles. The van der Waals surface area contributed by atoms with Crippen molar-refractivity contribution >= 4 is 5.97 Å². The molecule has 1 unspecified atom stereocenters. The Morgan fingerprint density at radius 2 is 1.84 bits per heavy atom. The second-order valence-electron chi connectivity index (χ2n) is 4.62. The van der Waals surface area contributed by atoms with Crippen molar-refractivity contribution in [3.63, 3.8) is 0 Å². The molecule has 4 nitrogen and oxygen atoms in total. The first kappa shape index (κ1) is 15.5. The lowest BCUT2D eigenvalue weighted by Gasteiger charge is -2.12. The van der Waals surface area contributed by atoms with Crippen LogP contribution in [0.1, 0.15) is 32.1 Å². The van der Waals surface area contributed by atoms with Gasteiger partial charge in [-0.25, -0.2) is 0 Å². The molecule has 0 amide bonds. The van der Waals surface area contributed by atoms with E-state index in [-0.39, 0.29) is 5.92 Å². The number of carboxylic acid groups (broad SMARTS) is 1. The summed E-state index contributed by atoms with van der Waals surface area (Å²) in [6.45, 7) is 1.19. The Bertz CT molecular complexity index is 354. The lowest BCUT2D eigenvalue weighted by molar-refractivity contribution is -0.142. The molecule has 1 atom stereocenters. The van der Waals surface area contributed by atoms with Gasteiger partial charge in [0.05, 0.1) is 12.5 Å². The Morgan fingerprint density at radius 1 is 1.16 bits per heavy atom. The first-order valence-corrected chi connectivity index (χ1v) is 6.84. The monoisotopic (exact) mass is 265 g/mol. The Morgan fingerprint density at radius 3 is 2.47 bits per heavy atom. The molecule has 4 heteroatoms. The molecular weight excluding hydrogens is 242 g/mol. The maximum Gasteiger partial charge on any atom is 0.306 e. The molecule has 0 radical (unpaired) electrons. The second-order valence-corrected chi connectivity index (χ2v) is 4.62. The van der Waals surface area contributed by atoms with Crippen molar-refractivity contribution in [1.82, 2.24) is 0 Å². The summed E-state index contributed by atoms with van der Waals surface area (Å²) in [4.78, 5) is 11.1. The van der Waals surface area contributed by atoms with E-state index in [1.54, 1.807) is 0 Å². The number of carbonyl (C=O) groups is 1. The fourth-order valence-electron chi connectivity index (χ4n) is 1.96. The van der Waals surface area contributed by atoms with Gasteiger partial charge < -0.3 is 15.6 Å². The van der Waals surface area contributed by atoms with Gasteiger partial charge in [-0.2, -0.15) is 0 Å². The number of aliphatic carboxylic acids is 1. The molecule has 3 N–H and O–H groups in total. The van der Waals surface area contributed by atoms with Crippen LogP contribution in [0.4, 0.5) is 0 Å². The van der Waals surface area contributed by atoms with Gasteiger partial charge in [0.25, 0.3) is 0 Å². The quantitative estimate of drug-likeness (QED) is 0.638. The zero-order valence-corrected chi connectivity index (χ0v) is 11.3. The van der Waals surface area contributed by atoms with Crippen molar-refractivity contribution in [2.45, 2.75) is 32.1 Å². The van der Waals surface area contributed by atoms with Gasteiger partial charge in [0, 0.05) is 0 Å². The Balaban J connectivity index is 2.19. The van der Waals surface area contributed by atoms with Crippen molar-refractivity contribution in [1.29, 1.82) is 0 Å². The first-order valence-electron chi connectivity index (χ1n) is 6.84. The zero-order valence-electron chi connectivity index (χ0n) is 11.3. The van der Waals surface area contributed by atoms with Gasteiger partial charge in [-0.05, 0) is 44.4 Å². The highest BCUT2D eigenvalue weighted by Gasteiger charge is 2.16. The lowest BCUT2D eigenvalue weighted by atomic mass is 9.97. The smallest absolute Gasteiger partial charge is 0.306 e. The summed E-state index contributed by atoms with van der Waals surface area (Å²) in [5.41, 5.74) is 5.41. The summed E-state index contributed by atoms with van der Waals surface area (Å²) in [6, 6.07) is 9.57. The van der Waals surface area contributed by atoms with E-state index in [2.05, 4.69) is 0 Å². The summed E-state index contributed by atoms with van der Waals surface area (Å²) >= 11 is 0. The van der Waals surface area contributed by atoms with Crippen LogP contribution < -0.4 is 10.5 Å². The van der Waals surface area contributed by atoms with Crippen LogP contribution in [-0.2, 0) is 4.79 Å². The van der Waals surface area contributed by atoms with Gasteiger partial charge in [0.1, 0.15) is 5.75 Å². The predicted octanol–water partition coefficient (Wildman–Crippen LogP) is 2.68.